The van der Waals surface area contributed by atoms with Gasteiger partial charge < -0.3 is 4.74 Å². The highest BCUT2D eigenvalue weighted by molar-refractivity contribution is 7.14. The van der Waals surface area contributed by atoms with E-state index in [0.29, 0.717) is 12.5 Å². The van der Waals surface area contributed by atoms with E-state index < -0.39 is 0 Å². The molecule has 0 N–H and O–H groups in total. The first-order valence-electron chi connectivity index (χ1n) is 5.97. The molecule has 1 aliphatic rings. The number of carbonyl (C=O) groups excluding carboxylic acids is 1. The van der Waals surface area contributed by atoms with Crippen molar-refractivity contribution in [3.8, 4) is 0 Å². The molecule has 2 nitrogen and oxygen atoms in total. The maximum atomic E-state index is 11.9. The van der Waals surface area contributed by atoms with Crippen molar-refractivity contribution in [1.82, 2.24) is 0 Å². The molecule has 2 rings (SSSR count). The average Bonchev–Trinajstić information content (AvgIpc) is 2.74. The molecule has 0 amide bonds. The average molecular weight is 238 g/mol. The lowest BCUT2D eigenvalue weighted by atomic mass is 10.0. The highest BCUT2D eigenvalue weighted by atomic mass is 32.1. The molecule has 0 bridgehead atoms. The fourth-order valence-electron chi connectivity index (χ4n) is 2.03. The zero-order valence-electron chi connectivity index (χ0n) is 9.70. The normalized spacial score (nSPS) is 20.9. The third-order valence-corrected chi connectivity index (χ3v) is 4.02. The van der Waals surface area contributed by atoms with Crippen molar-refractivity contribution in [2.75, 3.05) is 6.61 Å². The smallest absolute Gasteiger partial charge is 0.172 e. The molecule has 0 saturated carbocycles. The first kappa shape index (κ1) is 11.8. The minimum atomic E-state index is 0.271. The Bertz CT molecular complexity index is 351. The van der Waals surface area contributed by atoms with Crippen molar-refractivity contribution in [3.05, 3.63) is 21.9 Å². The lowest BCUT2D eigenvalue weighted by Gasteiger charge is -2.21. The Morgan fingerprint density at radius 1 is 1.50 bits per heavy atom. The fourth-order valence-corrected chi connectivity index (χ4v) is 2.87. The van der Waals surface area contributed by atoms with E-state index in [4.69, 9.17) is 4.74 Å². The van der Waals surface area contributed by atoms with Gasteiger partial charge in [-0.15, -0.1) is 11.3 Å². The molecule has 0 spiro atoms. The first-order chi connectivity index (χ1) is 7.75. The number of rotatable bonds is 4. The Hall–Kier alpha value is -0.670. The summed E-state index contributed by atoms with van der Waals surface area (Å²) >= 11 is 1.59. The van der Waals surface area contributed by atoms with Gasteiger partial charge in [0.05, 0.1) is 11.0 Å². The van der Waals surface area contributed by atoms with Gasteiger partial charge in [0, 0.05) is 17.9 Å². The second kappa shape index (κ2) is 5.60. The maximum absolute atomic E-state index is 11.9. The highest BCUT2D eigenvalue weighted by Crippen LogP contribution is 2.21. The second-order valence-electron chi connectivity index (χ2n) is 4.36. The van der Waals surface area contributed by atoms with E-state index in [1.807, 2.05) is 19.1 Å². The number of Topliss-reactive ketones (excluding diaryl/α,β-unsaturated/α-hetero) is 1. The molecule has 1 atom stereocenters. The molecule has 1 saturated heterocycles. The summed E-state index contributed by atoms with van der Waals surface area (Å²) in [6, 6.07) is 3.94. The van der Waals surface area contributed by atoms with Gasteiger partial charge >= 0.3 is 0 Å². The molecular weight excluding hydrogens is 220 g/mol. The number of hydrogen-bond acceptors (Lipinski definition) is 3. The molecule has 16 heavy (non-hydrogen) atoms. The predicted octanol–water partition coefficient (Wildman–Crippen LogP) is 3.59. The zero-order chi connectivity index (χ0) is 11.4. The summed E-state index contributed by atoms with van der Waals surface area (Å²) in [6.45, 7) is 2.91. The van der Waals surface area contributed by atoms with Gasteiger partial charge in [0.2, 0.25) is 0 Å². The Morgan fingerprint density at radius 3 is 3.00 bits per heavy atom. The topological polar surface area (TPSA) is 26.3 Å². The molecule has 0 aliphatic carbocycles. The molecule has 1 fully saturated rings. The summed E-state index contributed by atoms with van der Waals surface area (Å²) in [5.74, 6) is 0.271. The number of carbonyl (C=O) groups is 1. The van der Waals surface area contributed by atoms with Crippen molar-refractivity contribution < 1.29 is 9.53 Å². The van der Waals surface area contributed by atoms with Crippen molar-refractivity contribution in [1.29, 1.82) is 0 Å². The number of hydrogen-bond donors (Lipinski definition) is 0. The van der Waals surface area contributed by atoms with Gasteiger partial charge in [0.15, 0.2) is 5.78 Å². The summed E-state index contributed by atoms with van der Waals surface area (Å²) in [5, 5.41) is 0. The SMILES string of the molecule is Cc1ccc(C(=O)CCC2CCCCO2)s1. The van der Waals surface area contributed by atoms with E-state index >= 15 is 0 Å². The van der Waals surface area contributed by atoms with Crippen LogP contribution in [0.2, 0.25) is 0 Å². The third-order valence-electron chi connectivity index (χ3n) is 2.98. The predicted molar refractivity (Wildman–Crippen MR) is 66.2 cm³/mol. The fraction of sp³-hybridized carbons (Fsp3) is 0.615. The van der Waals surface area contributed by atoms with Crippen molar-refractivity contribution in [3.63, 3.8) is 0 Å². The summed E-state index contributed by atoms with van der Waals surface area (Å²) in [4.78, 5) is 14.0. The van der Waals surface area contributed by atoms with Crippen molar-refractivity contribution >= 4 is 17.1 Å². The molecule has 2 heterocycles. The van der Waals surface area contributed by atoms with Crippen LogP contribution >= 0.6 is 11.3 Å². The third kappa shape index (κ3) is 3.16. The lowest BCUT2D eigenvalue weighted by Crippen LogP contribution is -2.19. The van der Waals surface area contributed by atoms with Crippen LogP contribution in [0, 0.1) is 6.92 Å². The highest BCUT2D eigenvalue weighted by Gasteiger charge is 2.16. The minimum Gasteiger partial charge on any atom is -0.378 e. The number of ketones is 1. The number of thiophene rings is 1. The zero-order valence-corrected chi connectivity index (χ0v) is 10.5. The van der Waals surface area contributed by atoms with Crippen LogP contribution in [0.3, 0.4) is 0 Å². The van der Waals surface area contributed by atoms with Crippen LogP contribution in [0.1, 0.15) is 46.7 Å². The lowest BCUT2D eigenvalue weighted by molar-refractivity contribution is 0.0105. The molecule has 0 radical (unpaired) electrons. The molecular formula is C13H18O2S. The van der Waals surface area contributed by atoms with Crippen molar-refractivity contribution in [2.24, 2.45) is 0 Å². The van der Waals surface area contributed by atoms with E-state index in [2.05, 4.69) is 0 Å². The number of aryl methyl sites for hydroxylation is 1. The molecule has 3 heteroatoms. The van der Waals surface area contributed by atoms with Gasteiger partial charge in [-0.2, -0.15) is 0 Å². The summed E-state index contributed by atoms with van der Waals surface area (Å²) in [6.07, 6.45) is 5.38. The van der Waals surface area contributed by atoms with E-state index in [-0.39, 0.29) is 5.78 Å². The monoisotopic (exact) mass is 238 g/mol. The van der Waals surface area contributed by atoms with E-state index in [1.165, 1.54) is 17.7 Å². The Labute approximate surface area is 101 Å². The Kier molecular flexibility index (Phi) is 4.13. The Morgan fingerprint density at radius 2 is 2.38 bits per heavy atom. The van der Waals surface area contributed by atoms with E-state index in [1.54, 1.807) is 11.3 Å². The van der Waals surface area contributed by atoms with E-state index in [0.717, 1.165) is 24.3 Å². The second-order valence-corrected chi connectivity index (χ2v) is 5.65. The van der Waals surface area contributed by atoms with Gasteiger partial charge in [-0.1, -0.05) is 0 Å². The largest absolute Gasteiger partial charge is 0.378 e. The van der Waals surface area contributed by atoms with Crippen LogP contribution in [0.5, 0.6) is 0 Å². The van der Waals surface area contributed by atoms with Gasteiger partial charge in [-0.05, 0) is 44.7 Å². The van der Waals surface area contributed by atoms with Gasteiger partial charge in [-0.3, -0.25) is 4.79 Å². The quantitative estimate of drug-likeness (QED) is 0.749. The first-order valence-corrected chi connectivity index (χ1v) is 6.78. The molecule has 88 valence electrons. The van der Waals surface area contributed by atoms with Crippen LogP contribution < -0.4 is 0 Å². The van der Waals surface area contributed by atoms with Crippen LogP contribution in [0.15, 0.2) is 12.1 Å². The number of ether oxygens (including phenoxy) is 1. The van der Waals surface area contributed by atoms with Gasteiger partial charge in [0.1, 0.15) is 0 Å². The minimum absolute atomic E-state index is 0.271. The van der Waals surface area contributed by atoms with E-state index in [9.17, 15) is 4.79 Å². The Balaban J connectivity index is 1.79. The standard InChI is InChI=1S/C13H18O2S/c1-10-5-8-13(16-10)12(14)7-6-11-4-2-3-9-15-11/h5,8,11H,2-4,6-7,9H2,1H3. The van der Waals surface area contributed by atoms with Crippen molar-refractivity contribution in [2.45, 2.75) is 45.1 Å². The molecule has 1 aromatic rings. The molecule has 1 aliphatic heterocycles. The molecule has 0 aromatic carbocycles. The summed E-state index contributed by atoms with van der Waals surface area (Å²) in [5.41, 5.74) is 0. The maximum Gasteiger partial charge on any atom is 0.172 e. The van der Waals surface area contributed by atoms with Crippen LogP contribution in [-0.2, 0) is 4.74 Å². The molecule has 1 aromatic heterocycles. The van der Waals surface area contributed by atoms with Crippen LogP contribution in [0.4, 0.5) is 0 Å². The van der Waals surface area contributed by atoms with Crippen LogP contribution in [0.25, 0.3) is 0 Å². The molecule has 1 unspecified atom stereocenters. The summed E-state index contributed by atoms with van der Waals surface area (Å²) < 4.78 is 5.62. The van der Waals surface area contributed by atoms with Crippen LogP contribution in [-0.4, -0.2) is 18.5 Å². The summed E-state index contributed by atoms with van der Waals surface area (Å²) in [7, 11) is 0. The van der Waals surface area contributed by atoms with Gasteiger partial charge in [0.25, 0.3) is 0 Å². The van der Waals surface area contributed by atoms with Gasteiger partial charge in [-0.25, -0.2) is 0 Å².